The van der Waals surface area contributed by atoms with Crippen molar-refractivity contribution >= 4 is 120 Å². The maximum Gasteiger partial charge on any atom is 0.410 e. The number of ketones is 2. The second kappa shape index (κ2) is 45.1. The van der Waals surface area contributed by atoms with E-state index in [-0.39, 0.29) is 85.6 Å². The van der Waals surface area contributed by atoms with Crippen LogP contribution in [-0.4, -0.2) is 233 Å². The number of nitrogen functional groups attached to an aromatic ring is 1. The van der Waals surface area contributed by atoms with Crippen molar-refractivity contribution in [3.05, 3.63) is 201 Å². The summed E-state index contributed by atoms with van der Waals surface area (Å²) >= 11 is 0. The van der Waals surface area contributed by atoms with E-state index in [1.54, 1.807) is 55.0 Å². The number of nitrogens with two attached hydrogens (primary N) is 1. The number of likely N-dealkylation sites (tertiary alicyclic amines) is 3. The van der Waals surface area contributed by atoms with Gasteiger partial charge in [-0.3, -0.25) is 28.3 Å². The van der Waals surface area contributed by atoms with Crippen LogP contribution in [0.25, 0.3) is 43.6 Å². The number of benzene rings is 7. The molecular formula is C95H118N16O17. The second-order valence-electron chi connectivity index (χ2n) is 31.8. The van der Waals surface area contributed by atoms with Crippen molar-refractivity contribution in [3.63, 3.8) is 0 Å². The van der Waals surface area contributed by atoms with E-state index in [0.717, 1.165) is 164 Å². The highest BCUT2D eigenvalue weighted by Crippen LogP contribution is 2.40. The first-order valence-electron chi connectivity index (χ1n) is 43.1. The number of piperidine rings is 4. The molecule has 11 aromatic rings. The number of methoxy groups -OCH3 is 4. The summed E-state index contributed by atoms with van der Waals surface area (Å²) in [7, 11) is 13.0. The Kier molecular flexibility index (Phi) is 33.6. The van der Waals surface area contributed by atoms with Crippen molar-refractivity contribution in [2.45, 2.75) is 131 Å². The van der Waals surface area contributed by atoms with Gasteiger partial charge in [-0.2, -0.15) is 20.4 Å². The van der Waals surface area contributed by atoms with Gasteiger partial charge in [0.25, 0.3) is 0 Å². The third kappa shape index (κ3) is 23.2. The molecule has 5 saturated heterocycles. The Morgan fingerprint density at radius 1 is 0.438 bits per heavy atom. The van der Waals surface area contributed by atoms with Crippen molar-refractivity contribution < 1.29 is 81.0 Å². The summed E-state index contributed by atoms with van der Waals surface area (Å²) in [5.41, 5.74) is 21.6. The van der Waals surface area contributed by atoms with Gasteiger partial charge in [0.2, 0.25) is 0 Å². The topological polar surface area (TPSA) is 365 Å². The molecule has 5 fully saturated rings. The number of carbonyl (C=O) groups excluding carboxylic acids is 9. The number of amides is 3. The zero-order chi connectivity index (χ0) is 91.8. The van der Waals surface area contributed by atoms with Gasteiger partial charge in [-0.1, -0.05) is 91.0 Å². The van der Waals surface area contributed by atoms with Crippen LogP contribution in [0.15, 0.2) is 140 Å². The molecule has 5 aliphatic rings. The fourth-order valence-corrected chi connectivity index (χ4v) is 16.4. The highest BCUT2D eigenvalue weighted by molar-refractivity contribution is 6.06. The number of anilines is 4. The maximum atomic E-state index is 12.6. The Morgan fingerprint density at radius 3 is 1.12 bits per heavy atom. The lowest BCUT2D eigenvalue weighted by Crippen LogP contribution is -2.47. The smallest absolute Gasteiger partial charge is 0.410 e. The number of aryl methyl sites for hydroxylation is 4. The molecule has 33 nitrogen and oxygen atoms in total. The largest absolute Gasteiger partial charge is 0.465 e. The molecule has 0 saturated carbocycles. The summed E-state index contributed by atoms with van der Waals surface area (Å²) in [5, 5.41) is 28.3. The van der Waals surface area contributed by atoms with E-state index in [1.165, 1.54) is 28.4 Å². The molecule has 5 aliphatic heterocycles. The molecule has 16 rings (SSSR count). The Morgan fingerprint density at radius 2 is 0.758 bits per heavy atom. The molecule has 680 valence electrons. The number of hydrogen-bond acceptors (Lipinski definition) is 26. The fourth-order valence-electron chi connectivity index (χ4n) is 16.4. The zero-order valence-electron chi connectivity index (χ0n) is 75.6. The van der Waals surface area contributed by atoms with E-state index >= 15 is 0 Å². The van der Waals surface area contributed by atoms with Gasteiger partial charge in [0.1, 0.15) is 38.8 Å². The monoisotopic (exact) mass is 1750 g/mol. The lowest BCUT2D eigenvalue weighted by molar-refractivity contribution is -0.140. The average molecular weight is 1760 g/mol. The Labute approximate surface area is 744 Å². The van der Waals surface area contributed by atoms with Gasteiger partial charge < -0.3 is 78.8 Å². The van der Waals surface area contributed by atoms with Gasteiger partial charge in [-0.15, -0.1) is 0 Å². The molecule has 0 unspecified atom stereocenters. The maximum absolute atomic E-state index is 12.6. The first kappa shape index (κ1) is 95.2. The molecule has 0 spiro atoms. The molecule has 128 heavy (non-hydrogen) atoms. The first-order chi connectivity index (χ1) is 61.7. The quantitative estimate of drug-likeness (QED) is 0.0408. The number of fused-ring (bicyclic) bond motifs is 4. The van der Waals surface area contributed by atoms with E-state index in [9.17, 15) is 43.2 Å². The Balaban J connectivity index is 0.000000157. The summed E-state index contributed by atoms with van der Waals surface area (Å²) in [6.07, 6.45) is 12.7. The van der Waals surface area contributed by atoms with E-state index in [0.29, 0.717) is 99.3 Å². The van der Waals surface area contributed by atoms with E-state index < -0.39 is 0 Å². The minimum absolute atomic E-state index is 0.170. The summed E-state index contributed by atoms with van der Waals surface area (Å²) in [4.78, 5) is 116. The normalized spacial score (nSPS) is 14.6. The SMILES string of the molecule is CCN(c1c(C)c(C(=O)OC)cc2c1cnn2C)C1CCN(C(=O)OCc2ccccc2)CC1.CCN(c1c(C)c(C(=O)OC)cc2c1cnn2C)C1CCNCC1.COC(=O)c1cc2c(cnn2C)c(N)c1C.COC(=O)c1cc2c(cnn2C)c(NC2CCN(C(=O)OCc3ccccc3)CC2)c1C.O=C1CCN(C(=O)OCc2ccccc2)CC1.O=C1COC1. The predicted octanol–water partition coefficient (Wildman–Crippen LogP) is 13.2. The number of nitrogens with one attached hydrogen (secondary N) is 2. The van der Waals surface area contributed by atoms with Crippen LogP contribution in [0, 0.1) is 27.7 Å². The van der Waals surface area contributed by atoms with Gasteiger partial charge in [-0.25, -0.2) is 33.6 Å². The molecule has 33 heteroatoms. The Hall–Kier alpha value is -13.4. The standard InChI is InChI=1S/C26H32N4O4.C24H28N4O4.C18H26N4O2.C13H15NO3.C11H13N3O2.C3H4O2/c1-5-30(24-18(2)21(25(31)33-4)15-23-22(24)16-27-28(23)3)20-11-13-29(14-12-20)26(32)34-17-19-9-7-6-8-10-19;1-16-19(23(29)31-3)13-21-20(14-25-27(21)2)22(16)26-18-9-11-28(12-10-18)24(30)32-15-17-7-5-4-6-8-17;1-5-22(13-6-8-19-9-7-13)17-12(2)14(18(23)24-4)10-16-15(17)11-20-21(16)3;15-12-6-8-14(9-7-12)13(16)17-10-11-4-2-1-3-5-11;1-6-7(11(15)16-3)4-9-8(10(6)12)5-13-14(9)2;4-3-1-5-2-3/h6-10,15-16,20H,5,11-14,17H2,1-4H3;4-8,13-14,18,26H,9-12,15H2,1-3H3;10-11,13,19H,5-9H2,1-4H3;1-5H,6-10H2;4-5H,12H2,1-3H3;1-2H2. The van der Waals surface area contributed by atoms with E-state index in [2.05, 4.69) is 59.4 Å². The summed E-state index contributed by atoms with van der Waals surface area (Å²) < 4.78 is 47.4. The molecular weight excluding hydrogens is 1640 g/mol. The summed E-state index contributed by atoms with van der Waals surface area (Å²) in [6.45, 7) is 20.7. The van der Waals surface area contributed by atoms with Crippen molar-refractivity contribution in [2.24, 2.45) is 28.2 Å². The van der Waals surface area contributed by atoms with Crippen LogP contribution >= 0.6 is 0 Å². The second-order valence-corrected chi connectivity index (χ2v) is 31.8. The van der Waals surface area contributed by atoms with Crippen LogP contribution in [0.2, 0.25) is 0 Å². The van der Waals surface area contributed by atoms with Crippen molar-refractivity contribution in [2.75, 3.05) is 128 Å². The van der Waals surface area contributed by atoms with Crippen LogP contribution in [0.4, 0.5) is 37.1 Å². The number of nitrogens with zero attached hydrogens (tertiary/aromatic N) is 13. The summed E-state index contributed by atoms with van der Waals surface area (Å²) in [6, 6.07) is 37.1. The van der Waals surface area contributed by atoms with Gasteiger partial charge in [0.15, 0.2) is 5.78 Å². The molecule has 0 atom stereocenters. The van der Waals surface area contributed by atoms with Crippen molar-refractivity contribution in [3.8, 4) is 0 Å². The molecule has 0 bridgehead atoms. The third-order valence-corrected chi connectivity index (χ3v) is 23.9. The molecule has 4 N–H and O–H groups in total. The van der Waals surface area contributed by atoms with Gasteiger partial charge in [0, 0.05) is 144 Å². The molecule has 7 aromatic carbocycles. The minimum Gasteiger partial charge on any atom is -0.465 e. The van der Waals surface area contributed by atoms with Gasteiger partial charge in [-0.05, 0) is 156 Å². The van der Waals surface area contributed by atoms with Crippen molar-refractivity contribution in [1.29, 1.82) is 0 Å². The van der Waals surface area contributed by atoms with E-state index in [1.807, 2.05) is 174 Å². The number of rotatable bonds is 18. The number of esters is 4. The number of Topliss-reactive ketones (excluding diaryl/α,β-unsaturated/α-hetero) is 2. The first-order valence-corrected chi connectivity index (χ1v) is 43.1. The zero-order valence-corrected chi connectivity index (χ0v) is 75.6. The number of aromatic nitrogens is 8. The lowest BCUT2D eigenvalue weighted by Gasteiger charge is -2.40. The average Bonchev–Trinajstić information content (AvgIpc) is 1.55. The number of carbonyl (C=O) groups is 9. The fraction of sp³-hybridized carbons (Fsp3) is 0.421. The summed E-state index contributed by atoms with van der Waals surface area (Å²) in [5.74, 6) is -0.967. The number of ether oxygens (including phenoxy) is 8. The third-order valence-electron chi connectivity index (χ3n) is 23.9. The lowest BCUT2D eigenvalue weighted by atomic mass is 9.97. The predicted molar refractivity (Wildman–Crippen MR) is 488 cm³/mol. The molecule has 9 heterocycles. The van der Waals surface area contributed by atoms with Crippen LogP contribution in [-0.2, 0) is 95.5 Å². The van der Waals surface area contributed by atoms with Crippen LogP contribution in [0.1, 0.15) is 146 Å². The Bertz CT molecular complexity index is 5700. The minimum atomic E-state index is -0.382. The molecule has 4 aromatic heterocycles. The molecule has 0 radical (unpaired) electrons. The highest BCUT2D eigenvalue weighted by atomic mass is 16.6. The van der Waals surface area contributed by atoms with Crippen LogP contribution < -0.4 is 26.2 Å². The van der Waals surface area contributed by atoms with Gasteiger partial charge in [0.05, 0.1) is 109 Å². The van der Waals surface area contributed by atoms with Crippen LogP contribution in [0.5, 0.6) is 0 Å². The van der Waals surface area contributed by atoms with Gasteiger partial charge >= 0.3 is 42.2 Å². The molecule has 0 aliphatic carbocycles. The van der Waals surface area contributed by atoms with Crippen molar-refractivity contribution in [1.82, 2.24) is 59.1 Å². The highest BCUT2D eigenvalue weighted by Gasteiger charge is 2.34. The van der Waals surface area contributed by atoms with E-state index in [4.69, 9.17) is 38.9 Å². The van der Waals surface area contributed by atoms with Crippen LogP contribution in [0.3, 0.4) is 0 Å². The molecule has 3 amide bonds. The number of hydrogen-bond donors (Lipinski definition) is 3.